The van der Waals surface area contributed by atoms with E-state index in [0.717, 1.165) is 5.56 Å². The van der Waals surface area contributed by atoms with Gasteiger partial charge in [0.1, 0.15) is 5.82 Å². The Balaban J connectivity index is 1.78. The average Bonchev–Trinajstić information content (AvgIpc) is 3.02. The molecule has 3 rings (SSSR count). The summed E-state index contributed by atoms with van der Waals surface area (Å²) in [4.78, 5) is 19.4. The van der Waals surface area contributed by atoms with Gasteiger partial charge in [0.25, 0.3) is 5.91 Å². The smallest absolute Gasteiger partial charge is 0.287 e. The van der Waals surface area contributed by atoms with Gasteiger partial charge in [-0.25, -0.2) is 17.8 Å². The van der Waals surface area contributed by atoms with Crippen LogP contribution in [0.1, 0.15) is 30.0 Å². The maximum atomic E-state index is 13.3. The van der Waals surface area contributed by atoms with E-state index in [2.05, 4.69) is 15.3 Å². The molecule has 0 unspecified atom stereocenters. The Bertz CT molecular complexity index is 1120. The Hall–Kier alpha value is -2.74. The summed E-state index contributed by atoms with van der Waals surface area (Å²) in [5.74, 6) is -0.998. The summed E-state index contributed by atoms with van der Waals surface area (Å²) in [6, 6.07) is 10.6. The van der Waals surface area contributed by atoms with Crippen LogP contribution in [0.15, 0.2) is 47.4 Å². The third kappa shape index (κ3) is 3.71. The highest BCUT2D eigenvalue weighted by Gasteiger charge is 2.36. The van der Waals surface area contributed by atoms with Crippen LogP contribution < -0.4 is 5.32 Å². The van der Waals surface area contributed by atoms with Crippen LogP contribution in [0.25, 0.3) is 11.0 Å². The molecule has 0 saturated heterocycles. The van der Waals surface area contributed by atoms with Gasteiger partial charge in [-0.3, -0.25) is 4.79 Å². The normalized spacial score (nSPS) is 12.3. The largest absolute Gasteiger partial charge is 0.348 e. The number of nitrogens with one attached hydrogen (secondary N) is 2. The number of sulfone groups is 1. The summed E-state index contributed by atoms with van der Waals surface area (Å²) < 4.78 is 37.9. The molecule has 0 radical (unpaired) electrons. The molecule has 0 aliphatic rings. The second kappa shape index (κ2) is 6.77. The van der Waals surface area contributed by atoms with Gasteiger partial charge in [0, 0.05) is 6.54 Å². The fourth-order valence-electron chi connectivity index (χ4n) is 2.66. The molecule has 1 heterocycles. The number of aromatic amines is 1. The van der Waals surface area contributed by atoms with Gasteiger partial charge in [-0.1, -0.05) is 12.1 Å². The average molecular weight is 389 g/mol. The second-order valence-corrected chi connectivity index (χ2v) is 9.59. The minimum Gasteiger partial charge on any atom is -0.348 e. The van der Waals surface area contributed by atoms with E-state index < -0.39 is 26.3 Å². The maximum Gasteiger partial charge on any atom is 0.287 e. The molecule has 8 heteroatoms. The first-order valence-electron chi connectivity index (χ1n) is 8.35. The molecule has 3 aromatic rings. The molecule has 27 heavy (non-hydrogen) atoms. The van der Waals surface area contributed by atoms with E-state index in [1.807, 2.05) is 13.0 Å². The predicted octanol–water partition coefficient (Wildman–Crippen LogP) is 2.99. The Kier molecular flexibility index (Phi) is 4.77. The Labute approximate surface area is 156 Å². The summed E-state index contributed by atoms with van der Waals surface area (Å²) in [7, 11) is -3.66. The van der Waals surface area contributed by atoms with E-state index in [9.17, 15) is 17.6 Å². The summed E-state index contributed by atoms with van der Waals surface area (Å²) in [6.07, 6.45) is 0. The lowest BCUT2D eigenvalue weighted by atomic mass is 10.2. The summed E-state index contributed by atoms with van der Waals surface area (Å²) in [5, 5.41) is 2.60. The van der Waals surface area contributed by atoms with Gasteiger partial charge in [0.05, 0.1) is 20.7 Å². The number of carbonyl (C=O) groups is 1. The number of halogens is 1. The lowest BCUT2D eigenvalue weighted by Gasteiger charge is -2.25. The van der Waals surface area contributed by atoms with Crippen molar-refractivity contribution in [2.24, 2.45) is 0 Å². The number of fused-ring (bicyclic) bond motifs is 1. The number of aromatic nitrogens is 2. The van der Waals surface area contributed by atoms with Crippen LogP contribution in [0.5, 0.6) is 0 Å². The number of carbonyl (C=O) groups excluding carboxylic acids is 1. The number of rotatable bonds is 5. The predicted molar refractivity (Wildman–Crippen MR) is 101 cm³/mol. The van der Waals surface area contributed by atoms with Crippen molar-refractivity contribution in [2.75, 3.05) is 6.54 Å². The highest BCUT2D eigenvalue weighted by molar-refractivity contribution is 7.92. The van der Waals surface area contributed by atoms with Gasteiger partial charge >= 0.3 is 0 Å². The fourth-order valence-corrected chi connectivity index (χ4v) is 4.16. The number of hydrogen-bond donors (Lipinski definition) is 2. The molecule has 0 aliphatic carbocycles. The van der Waals surface area contributed by atoms with E-state index in [0.29, 0.717) is 11.0 Å². The minimum atomic E-state index is -3.66. The third-order valence-electron chi connectivity index (χ3n) is 4.36. The summed E-state index contributed by atoms with van der Waals surface area (Å²) in [6.45, 7) is 4.82. The zero-order chi connectivity index (χ0) is 19.8. The third-order valence-corrected chi connectivity index (χ3v) is 6.83. The van der Waals surface area contributed by atoms with E-state index >= 15 is 0 Å². The molecule has 2 aromatic carbocycles. The molecule has 0 saturated carbocycles. The summed E-state index contributed by atoms with van der Waals surface area (Å²) in [5.41, 5.74) is 1.69. The SMILES string of the molecule is Cc1cccc(S(=O)(=O)C(C)(C)CNC(=O)c2nc3ccc(F)cc3[nH]2)c1. The van der Waals surface area contributed by atoms with Crippen molar-refractivity contribution in [3.05, 3.63) is 59.7 Å². The van der Waals surface area contributed by atoms with Crippen LogP contribution in [0, 0.1) is 12.7 Å². The van der Waals surface area contributed by atoms with E-state index in [1.54, 1.807) is 32.0 Å². The van der Waals surface area contributed by atoms with Crippen molar-refractivity contribution in [1.82, 2.24) is 15.3 Å². The minimum absolute atomic E-state index is 0.000599. The van der Waals surface area contributed by atoms with Crippen molar-refractivity contribution in [3.63, 3.8) is 0 Å². The lowest BCUT2D eigenvalue weighted by Crippen LogP contribution is -2.44. The first kappa shape index (κ1) is 19.0. The van der Waals surface area contributed by atoms with Crippen LogP contribution >= 0.6 is 0 Å². The second-order valence-electron chi connectivity index (χ2n) is 7.01. The van der Waals surface area contributed by atoms with Crippen molar-refractivity contribution in [3.8, 4) is 0 Å². The fraction of sp³-hybridized carbons (Fsp3) is 0.263. The molecular weight excluding hydrogens is 369 g/mol. The zero-order valence-corrected chi connectivity index (χ0v) is 16.0. The van der Waals surface area contributed by atoms with Crippen LogP contribution in [-0.4, -0.2) is 35.6 Å². The number of amides is 1. The van der Waals surface area contributed by atoms with Crippen molar-refractivity contribution in [2.45, 2.75) is 30.4 Å². The standard InChI is InChI=1S/C19H20FN3O3S/c1-12-5-4-6-14(9-12)27(25,26)19(2,3)11-21-18(24)17-22-15-8-7-13(20)10-16(15)23-17/h4-10H,11H2,1-3H3,(H,21,24)(H,22,23). The number of imidazole rings is 1. The van der Waals surface area contributed by atoms with Crippen LogP contribution in [0.4, 0.5) is 4.39 Å². The molecular formula is C19H20FN3O3S. The molecule has 2 N–H and O–H groups in total. The lowest BCUT2D eigenvalue weighted by molar-refractivity contribution is 0.0941. The van der Waals surface area contributed by atoms with Crippen LogP contribution in [0.2, 0.25) is 0 Å². The molecule has 0 spiro atoms. The highest BCUT2D eigenvalue weighted by Crippen LogP contribution is 2.25. The van der Waals surface area contributed by atoms with E-state index in [1.165, 1.54) is 18.2 Å². The van der Waals surface area contributed by atoms with Crippen molar-refractivity contribution < 1.29 is 17.6 Å². The highest BCUT2D eigenvalue weighted by atomic mass is 32.2. The first-order chi connectivity index (χ1) is 12.6. The topological polar surface area (TPSA) is 91.9 Å². The molecule has 142 valence electrons. The van der Waals surface area contributed by atoms with E-state index in [4.69, 9.17) is 0 Å². The van der Waals surface area contributed by atoms with Gasteiger partial charge in [-0.05, 0) is 56.7 Å². The van der Waals surface area contributed by atoms with Gasteiger partial charge in [-0.2, -0.15) is 0 Å². The Morgan fingerprint density at radius 1 is 1.22 bits per heavy atom. The van der Waals surface area contributed by atoms with Crippen LogP contribution in [-0.2, 0) is 9.84 Å². The molecule has 0 bridgehead atoms. The van der Waals surface area contributed by atoms with Gasteiger partial charge in [-0.15, -0.1) is 0 Å². The number of H-pyrrole nitrogens is 1. The molecule has 0 fully saturated rings. The van der Waals surface area contributed by atoms with Gasteiger partial charge in [0.15, 0.2) is 15.7 Å². The maximum absolute atomic E-state index is 13.3. The number of nitrogens with zero attached hydrogens (tertiary/aromatic N) is 1. The van der Waals surface area contributed by atoms with Crippen LogP contribution in [0.3, 0.4) is 0 Å². The first-order valence-corrected chi connectivity index (χ1v) is 9.83. The van der Waals surface area contributed by atoms with Gasteiger partial charge < -0.3 is 10.3 Å². The van der Waals surface area contributed by atoms with Crippen molar-refractivity contribution in [1.29, 1.82) is 0 Å². The number of aryl methyl sites for hydroxylation is 1. The summed E-state index contributed by atoms with van der Waals surface area (Å²) >= 11 is 0. The monoisotopic (exact) mass is 389 g/mol. The number of benzene rings is 2. The molecule has 6 nitrogen and oxygen atoms in total. The zero-order valence-electron chi connectivity index (χ0n) is 15.2. The molecule has 0 aliphatic heterocycles. The van der Waals surface area contributed by atoms with Crippen molar-refractivity contribution >= 4 is 26.8 Å². The number of hydrogen-bond acceptors (Lipinski definition) is 4. The Morgan fingerprint density at radius 3 is 2.67 bits per heavy atom. The molecule has 1 aromatic heterocycles. The molecule has 0 atom stereocenters. The van der Waals surface area contributed by atoms with E-state index in [-0.39, 0.29) is 17.3 Å². The van der Waals surface area contributed by atoms with Gasteiger partial charge in [0.2, 0.25) is 0 Å². The molecule has 1 amide bonds. The Morgan fingerprint density at radius 2 is 1.96 bits per heavy atom. The quantitative estimate of drug-likeness (QED) is 0.702.